The van der Waals surface area contributed by atoms with Crippen LogP contribution in [0.5, 0.6) is 0 Å². The number of hydrogen-bond donors (Lipinski definition) is 3. The number of benzene rings is 2. The molecule has 24 heavy (non-hydrogen) atoms. The zero-order chi connectivity index (χ0) is 17.4. The van der Waals surface area contributed by atoms with Gasteiger partial charge in [-0.25, -0.2) is 4.79 Å². The summed E-state index contributed by atoms with van der Waals surface area (Å²) in [4.78, 5) is 24.3. The lowest BCUT2D eigenvalue weighted by molar-refractivity contribution is 0.103. The molecule has 5 heteroatoms. The van der Waals surface area contributed by atoms with E-state index in [0.717, 1.165) is 0 Å². The van der Waals surface area contributed by atoms with Crippen LogP contribution in [0.2, 0.25) is 0 Å². The van der Waals surface area contributed by atoms with Gasteiger partial charge in [-0.05, 0) is 24.5 Å². The standard InChI is InChI=1S/C19H22N2O3/c1-14(10-11-22)13-20-19(24)21-17-9-5-8-16(12-17)18(23)15-6-3-2-4-7-15/h2-9,12,14,22H,10-11,13H2,1H3,(H2,20,21,24). The third-order valence-electron chi connectivity index (χ3n) is 3.65. The highest BCUT2D eigenvalue weighted by atomic mass is 16.3. The normalized spacial score (nSPS) is 11.6. The molecule has 3 N–H and O–H groups in total. The Balaban J connectivity index is 1.98. The number of amides is 2. The Morgan fingerprint density at radius 2 is 1.75 bits per heavy atom. The first-order valence-corrected chi connectivity index (χ1v) is 7.95. The van der Waals surface area contributed by atoms with E-state index in [-0.39, 0.29) is 24.3 Å². The van der Waals surface area contributed by atoms with Gasteiger partial charge in [0.1, 0.15) is 0 Å². The van der Waals surface area contributed by atoms with E-state index in [4.69, 9.17) is 5.11 Å². The summed E-state index contributed by atoms with van der Waals surface area (Å²) >= 11 is 0. The SMILES string of the molecule is CC(CCO)CNC(=O)Nc1cccc(C(=O)c2ccccc2)c1. The highest BCUT2D eigenvalue weighted by molar-refractivity contribution is 6.09. The van der Waals surface area contributed by atoms with Gasteiger partial charge in [0.2, 0.25) is 0 Å². The van der Waals surface area contributed by atoms with Crippen LogP contribution in [0, 0.1) is 5.92 Å². The van der Waals surface area contributed by atoms with Gasteiger partial charge in [0.15, 0.2) is 5.78 Å². The minimum Gasteiger partial charge on any atom is -0.396 e. The summed E-state index contributed by atoms with van der Waals surface area (Å²) in [7, 11) is 0. The molecule has 0 aliphatic carbocycles. The molecule has 0 saturated carbocycles. The summed E-state index contributed by atoms with van der Waals surface area (Å²) in [5, 5.41) is 14.3. The van der Waals surface area contributed by atoms with Gasteiger partial charge in [-0.15, -0.1) is 0 Å². The molecule has 2 rings (SSSR count). The average molecular weight is 326 g/mol. The Kier molecular flexibility index (Phi) is 6.51. The number of urea groups is 1. The van der Waals surface area contributed by atoms with Crippen LogP contribution in [0.3, 0.4) is 0 Å². The van der Waals surface area contributed by atoms with E-state index >= 15 is 0 Å². The summed E-state index contributed by atoms with van der Waals surface area (Å²) in [6, 6.07) is 15.5. The molecule has 1 unspecified atom stereocenters. The number of anilines is 1. The zero-order valence-corrected chi connectivity index (χ0v) is 13.7. The maximum absolute atomic E-state index is 12.4. The predicted molar refractivity (Wildman–Crippen MR) is 94.2 cm³/mol. The Morgan fingerprint density at radius 3 is 2.46 bits per heavy atom. The summed E-state index contributed by atoms with van der Waals surface area (Å²) in [5.74, 6) is 0.114. The van der Waals surface area contributed by atoms with Crippen molar-refractivity contribution in [3.05, 3.63) is 65.7 Å². The molecule has 0 aliphatic rings. The lowest BCUT2D eigenvalue weighted by atomic mass is 10.0. The van der Waals surface area contributed by atoms with Crippen molar-refractivity contribution >= 4 is 17.5 Å². The molecule has 2 aromatic carbocycles. The Bertz CT molecular complexity index is 686. The molecule has 0 aliphatic heterocycles. The largest absolute Gasteiger partial charge is 0.396 e. The Morgan fingerprint density at radius 1 is 1.04 bits per heavy atom. The number of aliphatic hydroxyl groups is 1. The van der Waals surface area contributed by atoms with Crippen molar-refractivity contribution in [1.82, 2.24) is 5.32 Å². The van der Waals surface area contributed by atoms with Crippen LogP contribution in [-0.4, -0.2) is 30.1 Å². The van der Waals surface area contributed by atoms with Crippen molar-refractivity contribution in [2.24, 2.45) is 5.92 Å². The molecule has 0 heterocycles. The van der Waals surface area contributed by atoms with Gasteiger partial charge in [-0.2, -0.15) is 0 Å². The van der Waals surface area contributed by atoms with E-state index in [2.05, 4.69) is 10.6 Å². The van der Waals surface area contributed by atoms with Gasteiger partial charge in [-0.3, -0.25) is 4.79 Å². The number of rotatable bonds is 7. The van der Waals surface area contributed by atoms with E-state index < -0.39 is 0 Å². The van der Waals surface area contributed by atoms with Crippen molar-refractivity contribution in [2.45, 2.75) is 13.3 Å². The molecule has 0 bridgehead atoms. The van der Waals surface area contributed by atoms with Crippen molar-refractivity contribution in [3.63, 3.8) is 0 Å². The van der Waals surface area contributed by atoms with Crippen molar-refractivity contribution in [3.8, 4) is 0 Å². The Labute approximate surface area is 141 Å². The van der Waals surface area contributed by atoms with Gasteiger partial charge in [0.05, 0.1) is 0 Å². The first kappa shape index (κ1) is 17.7. The third kappa shape index (κ3) is 5.21. The molecule has 0 spiro atoms. The second kappa shape index (κ2) is 8.84. The fraction of sp³-hybridized carbons (Fsp3) is 0.263. The van der Waals surface area contributed by atoms with Crippen LogP contribution in [0.4, 0.5) is 10.5 Å². The molecule has 2 amide bonds. The minimum absolute atomic E-state index is 0.0868. The number of aliphatic hydroxyl groups excluding tert-OH is 1. The second-order valence-electron chi connectivity index (χ2n) is 5.73. The maximum Gasteiger partial charge on any atom is 0.319 e. The van der Waals surface area contributed by atoms with Crippen molar-refractivity contribution in [1.29, 1.82) is 0 Å². The summed E-state index contributed by atoms with van der Waals surface area (Å²) in [6.07, 6.45) is 0.640. The molecular weight excluding hydrogens is 304 g/mol. The van der Waals surface area contributed by atoms with Gasteiger partial charge < -0.3 is 15.7 Å². The average Bonchev–Trinajstić information content (AvgIpc) is 2.60. The number of ketones is 1. The molecule has 1 atom stereocenters. The predicted octanol–water partition coefficient (Wildman–Crippen LogP) is 3.06. The highest BCUT2D eigenvalue weighted by Gasteiger charge is 2.10. The second-order valence-corrected chi connectivity index (χ2v) is 5.73. The number of carbonyl (C=O) groups excluding carboxylic acids is 2. The van der Waals surface area contributed by atoms with E-state index in [9.17, 15) is 9.59 Å². The minimum atomic E-state index is -0.330. The number of hydrogen-bond acceptors (Lipinski definition) is 3. The summed E-state index contributed by atoms with van der Waals surface area (Å²) in [6.45, 7) is 2.54. The first-order valence-electron chi connectivity index (χ1n) is 7.95. The molecule has 0 fully saturated rings. The fourth-order valence-corrected chi connectivity index (χ4v) is 2.26. The van der Waals surface area contributed by atoms with E-state index in [1.807, 2.05) is 25.1 Å². The molecule has 0 saturated heterocycles. The van der Waals surface area contributed by atoms with Gasteiger partial charge in [-0.1, -0.05) is 49.4 Å². The maximum atomic E-state index is 12.4. The highest BCUT2D eigenvalue weighted by Crippen LogP contribution is 2.15. The van der Waals surface area contributed by atoms with Crippen molar-refractivity contribution < 1.29 is 14.7 Å². The van der Waals surface area contributed by atoms with Crippen LogP contribution in [0.1, 0.15) is 29.3 Å². The van der Waals surface area contributed by atoms with E-state index in [1.165, 1.54) is 0 Å². The summed E-state index contributed by atoms with van der Waals surface area (Å²) < 4.78 is 0. The molecule has 0 aromatic heterocycles. The van der Waals surface area contributed by atoms with Crippen LogP contribution in [0.25, 0.3) is 0 Å². The zero-order valence-electron chi connectivity index (χ0n) is 13.7. The molecule has 5 nitrogen and oxygen atoms in total. The van der Waals surface area contributed by atoms with Crippen molar-refractivity contribution in [2.75, 3.05) is 18.5 Å². The van der Waals surface area contributed by atoms with Crippen LogP contribution < -0.4 is 10.6 Å². The number of carbonyl (C=O) groups is 2. The molecule has 2 aromatic rings. The first-order chi connectivity index (χ1) is 11.6. The van der Waals surface area contributed by atoms with Gasteiger partial charge in [0, 0.05) is 30.0 Å². The Hall–Kier alpha value is -2.66. The monoisotopic (exact) mass is 326 g/mol. The van der Waals surface area contributed by atoms with Crippen LogP contribution in [0.15, 0.2) is 54.6 Å². The van der Waals surface area contributed by atoms with E-state index in [0.29, 0.717) is 29.8 Å². The van der Waals surface area contributed by atoms with Gasteiger partial charge >= 0.3 is 6.03 Å². The number of nitrogens with one attached hydrogen (secondary N) is 2. The third-order valence-corrected chi connectivity index (χ3v) is 3.65. The molecular formula is C19H22N2O3. The topological polar surface area (TPSA) is 78.4 Å². The smallest absolute Gasteiger partial charge is 0.319 e. The van der Waals surface area contributed by atoms with Crippen LogP contribution >= 0.6 is 0 Å². The lowest BCUT2D eigenvalue weighted by Gasteiger charge is -2.12. The lowest BCUT2D eigenvalue weighted by Crippen LogP contribution is -2.32. The molecule has 126 valence electrons. The molecule has 0 radical (unpaired) electrons. The quantitative estimate of drug-likeness (QED) is 0.684. The fourth-order valence-electron chi connectivity index (χ4n) is 2.26. The van der Waals surface area contributed by atoms with Gasteiger partial charge in [0.25, 0.3) is 0 Å². The van der Waals surface area contributed by atoms with Crippen LogP contribution in [-0.2, 0) is 0 Å². The summed E-state index contributed by atoms with van der Waals surface area (Å²) in [5.41, 5.74) is 1.69. The van der Waals surface area contributed by atoms with E-state index in [1.54, 1.807) is 36.4 Å².